The van der Waals surface area contributed by atoms with E-state index in [4.69, 9.17) is 4.74 Å². The van der Waals surface area contributed by atoms with Crippen LogP contribution >= 0.6 is 0 Å². The van der Waals surface area contributed by atoms with Crippen molar-refractivity contribution in [2.75, 3.05) is 6.61 Å². The SMILES string of the molecule is CC(C)OCC(=O)N[C@H](C)c1ccccn1. The average molecular weight is 222 g/mol. The number of carbonyl (C=O) groups excluding carboxylic acids is 1. The van der Waals surface area contributed by atoms with Gasteiger partial charge in [-0.2, -0.15) is 0 Å². The van der Waals surface area contributed by atoms with Gasteiger partial charge in [-0.15, -0.1) is 0 Å². The summed E-state index contributed by atoms with van der Waals surface area (Å²) in [5.41, 5.74) is 0.848. The van der Waals surface area contributed by atoms with Gasteiger partial charge >= 0.3 is 0 Å². The van der Waals surface area contributed by atoms with E-state index in [1.807, 2.05) is 39.0 Å². The van der Waals surface area contributed by atoms with Crippen LogP contribution in [0.15, 0.2) is 24.4 Å². The molecule has 0 radical (unpaired) electrons. The minimum Gasteiger partial charge on any atom is -0.369 e. The molecule has 0 aliphatic rings. The van der Waals surface area contributed by atoms with Gasteiger partial charge in [0, 0.05) is 6.20 Å². The standard InChI is InChI=1S/C12H18N2O2/c1-9(2)16-8-12(15)14-10(3)11-6-4-5-7-13-11/h4-7,9-10H,8H2,1-3H3,(H,14,15)/t10-/m1/s1. The zero-order valence-corrected chi connectivity index (χ0v) is 9.93. The lowest BCUT2D eigenvalue weighted by atomic mass is 10.2. The van der Waals surface area contributed by atoms with Gasteiger partial charge in [0.25, 0.3) is 0 Å². The average Bonchev–Trinajstić information content (AvgIpc) is 2.27. The monoisotopic (exact) mass is 222 g/mol. The molecule has 4 heteroatoms. The summed E-state index contributed by atoms with van der Waals surface area (Å²) in [4.78, 5) is 15.6. The Morgan fingerprint density at radius 2 is 2.19 bits per heavy atom. The summed E-state index contributed by atoms with van der Waals surface area (Å²) in [5.74, 6) is -0.119. The molecule has 88 valence electrons. The van der Waals surface area contributed by atoms with E-state index < -0.39 is 0 Å². The molecule has 0 unspecified atom stereocenters. The number of hydrogen-bond donors (Lipinski definition) is 1. The predicted octanol–water partition coefficient (Wildman–Crippen LogP) is 1.68. The highest BCUT2D eigenvalue weighted by atomic mass is 16.5. The van der Waals surface area contributed by atoms with Gasteiger partial charge in [-0.3, -0.25) is 9.78 Å². The van der Waals surface area contributed by atoms with E-state index >= 15 is 0 Å². The van der Waals surface area contributed by atoms with Gasteiger partial charge in [0.15, 0.2) is 0 Å². The first kappa shape index (κ1) is 12.6. The number of carbonyl (C=O) groups is 1. The van der Waals surface area contributed by atoms with Crippen LogP contribution < -0.4 is 5.32 Å². The molecule has 1 aromatic heterocycles. The van der Waals surface area contributed by atoms with Crippen LogP contribution in [0.2, 0.25) is 0 Å². The molecule has 0 bridgehead atoms. The maximum atomic E-state index is 11.5. The van der Waals surface area contributed by atoms with Crippen molar-refractivity contribution in [1.29, 1.82) is 0 Å². The molecule has 1 atom stereocenters. The maximum Gasteiger partial charge on any atom is 0.246 e. The summed E-state index contributed by atoms with van der Waals surface area (Å²) in [6.45, 7) is 5.79. The Bertz CT molecular complexity index is 325. The molecule has 1 N–H and O–H groups in total. The Morgan fingerprint density at radius 3 is 2.75 bits per heavy atom. The highest BCUT2D eigenvalue weighted by Gasteiger charge is 2.10. The molecular formula is C12H18N2O2. The van der Waals surface area contributed by atoms with Crippen LogP contribution in [-0.4, -0.2) is 23.6 Å². The molecule has 4 nitrogen and oxygen atoms in total. The summed E-state index contributed by atoms with van der Waals surface area (Å²) in [5, 5.41) is 2.83. The largest absolute Gasteiger partial charge is 0.369 e. The number of nitrogens with one attached hydrogen (secondary N) is 1. The number of hydrogen-bond acceptors (Lipinski definition) is 3. The molecule has 0 aromatic carbocycles. The fourth-order valence-corrected chi connectivity index (χ4v) is 1.23. The first-order valence-electron chi connectivity index (χ1n) is 5.41. The van der Waals surface area contributed by atoms with Crippen LogP contribution in [0, 0.1) is 0 Å². The predicted molar refractivity (Wildman–Crippen MR) is 61.9 cm³/mol. The van der Waals surface area contributed by atoms with E-state index in [0.717, 1.165) is 5.69 Å². The third-order valence-electron chi connectivity index (χ3n) is 2.06. The van der Waals surface area contributed by atoms with Gasteiger partial charge in [-0.05, 0) is 32.9 Å². The topological polar surface area (TPSA) is 51.2 Å². The fourth-order valence-electron chi connectivity index (χ4n) is 1.23. The van der Waals surface area contributed by atoms with Crippen molar-refractivity contribution in [1.82, 2.24) is 10.3 Å². The lowest BCUT2D eigenvalue weighted by Crippen LogP contribution is -2.31. The zero-order valence-electron chi connectivity index (χ0n) is 9.93. The van der Waals surface area contributed by atoms with Crippen LogP contribution in [-0.2, 0) is 9.53 Å². The number of rotatable bonds is 5. The van der Waals surface area contributed by atoms with Crippen molar-refractivity contribution in [3.05, 3.63) is 30.1 Å². The molecular weight excluding hydrogens is 204 g/mol. The van der Waals surface area contributed by atoms with Crippen LogP contribution in [0.25, 0.3) is 0 Å². The lowest BCUT2D eigenvalue weighted by molar-refractivity contribution is -0.127. The summed E-state index contributed by atoms with van der Waals surface area (Å²) in [6.07, 6.45) is 1.78. The third kappa shape index (κ3) is 4.40. The molecule has 0 fully saturated rings. The summed E-state index contributed by atoms with van der Waals surface area (Å²) in [7, 11) is 0. The Morgan fingerprint density at radius 1 is 1.44 bits per heavy atom. The van der Waals surface area contributed by atoms with E-state index in [1.54, 1.807) is 6.20 Å². The Kier molecular flexibility index (Phi) is 4.92. The molecule has 0 spiro atoms. The Hall–Kier alpha value is -1.42. The second kappa shape index (κ2) is 6.23. The highest BCUT2D eigenvalue weighted by molar-refractivity contribution is 5.77. The van der Waals surface area contributed by atoms with Crippen molar-refractivity contribution >= 4 is 5.91 Å². The maximum absolute atomic E-state index is 11.5. The van der Waals surface area contributed by atoms with E-state index in [-0.39, 0.29) is 24.7 Å². The summed E-state index contributed by atoms with van der Waals surface area (Å²) in [6, 6.07) is 5.54. The molecule has 16 heavy (non-hydrogen) atoms. The lowest BCUT2D eigenvalue weighted by Gasteiger charge is -2.14. The second-order valence-electron chi connectivity index (χ2n) is 3.90. The third-order valence-corrected chi connectivity index (χ3v) is 2.06. The normalized spacial score (nSPS) is 12.5. The molecule has 1 heterocycles. The molecule has 0 aliphatic heterocycles. The summed E-state index contributed by atoms with van der Waals surface area (Å²) >= 11 is 0. The zero-order chi connectivity index (χ0) is 12.0. The molecule has 0 saturated carbocycles. The summed E-state index contributed by atoms with van der Waals surface area (Å²) < 4.78 is 5.21. The molecule has 0 aliphatic carbocycles. The fraction of sp³-hybridized carbons (Fsp3) is 0.500. The van der Waals surface area contributed by atoms with Crippen molar-refractivity contribution in [3.63, 3.8) is 0 Å². The van der Waals surface area contributed by atoms with Crippen LogP contribution in [0.5, 0.6) is 0 Å². The van der Waals surface area contributed by atoms with Crippen molar-refractivity contribution in [3.8, 4) is 0 Å². The number of ether oxygens (including phenoxy) is 1. The van der Waals surface area contributed by atoms with E-state index in [9.17, 15) is 4.79 Å². The Balaban J connectivity index is 2.40. The van der Waals surface area contributed by atoms with Crippen molar-refractivity contribution in [2.45, 2.75) is 32.9 Å². The van der Waals surface area contributed by atoms with Gasteiger partial charge in [0.05, 0.1) is 17.8 Å². The number of pyridine rings is 1. The molecule has 1 rings (SSSR count). The van der Waals surface area contributed by atoms with Crippen LogP contribution in [0.3, 0.4) is 0 Å². The number of aromatic nitrogens is 1. The first-order chi connectivity index (χ1) is 7.59. The molecule has 1 aromatic rings. The van der Waals surface area contributed by atoms with Gasteiger partial charge < -0.3 is 10.1 Å². The number of amides is 1. The number of nitrogens with zero attached hydrogens (tertiary/aromatic N) is 1. The van der Waals surface area contributed by atoms with E-state index in [0.29, 0.717) is 0 Å². The van der Waals surface area contributed by atoms with E-state index in [2.05, 4.69) is 10.3 Å². The highest BCUT2D eigenvalue weighted by Crippen LogP contribution is 2.07. The van der Waals surface area contributed by atoms with E-state index in [1.165, 1.54) is 0 Å². The second-order valence-corrected chi connectivity index (χ2v) is 3.90. The van der Waals surface area contributed by atoms with Crippen molar-refractivity contribution in [2.24, 2.45) is 0 Å². The van der Waals surface area contributed by atoms with Gasteiger partial charge in [0.2, 0.25) is 5.91 Å². The minimum atomic E-state index is -0.119. The van der Waals surface area contributed by atoms with Crippen molar-refractivity contribution < 1.29 is 9.53 Å². The van der Waals surface area contributed by atoms with Gasteiger partial charge in [0.1, 0.15) is 6.61 Å². The minimum absolute atomic E-state index is 0.0657. The van der Waals surface area contributed by atoms with Crippen LogP contribution in [0.1, 0.15) is 32.5 Å². The first-order valence-corrected chi connectivity index (χ1v) is 5.41. The Labute approximate surface area is 96.0 Å². The quantitative estimate of drug-likeness (QED) is 0.824. The van der Waals surface area contributed by atoms with Crippen LogP contribution in [0.4, 0.5) is 0 Å². The van der Waals surface area contributed by atoms with Gasteiger partial charge in [-0.1, -0.05) is 6.07 Å². The smallest absolute Gasteiger partial charge is 0.246 e. The molecule has 1 amide bonds. The molecule has 0 saturated heterocycles. The van der Waals surface area contributed by atoms with Gasteiger partial charge in [-0.25, -0.2) is 0 Å².